The molecule has 0 aliphatic heterocycles. The van der Waals surface area contributed by atoms with E-state index in [0.29, 0.717) is 25.4 Å². The molecule has 5 nitrogen and oxygen atoms in total. The summed E-state index contributed by atoms with van der Waals surface area (Å²) >= 11 is 0. The van der Waals surface area contributed by atoms with Gasteiger partial charge < -0.3 is 5.32 Å². The zero-order valence-corrected chi connectivity index (χ0v) is 13.9. The molecule has 1 aliphatic rings. The minimum atomic E-state index is 0.0378. The van der Waals surface area contributed by atoms with Gasteiger partial charge in [-0.05, 0) is 37.5 Å². The van der Waals surface area contributed by atoms with Crippen molar-refractivity contribution in [3.63, 3.8) is 0 Å². The fourth-order valence-electron chi connectivity index (χ4n) is 3.21. The summed E-state index contributed by atoms with van der Waals surface area (Å²) in [5.74, 6) is 0.0378. The minimum absolute atomic E-state index is 0.0378. The average molecular weight is 324 g/mol. The van der Waals surface area contributed by atoms with Gasteiger partial charge >= 0.3 is 0 Å². The van der Waals surface area contributed by atoms with Crippen molar-refractivity contribution in [2.75, 3.05) is 0 Å². The molecule has 1 saturated carbocycles. The van der Waals surface area contributed by atoms with E-state index in [-0.39, 0.29) is 5.91 Å². The molecule has 5 heteroatoms. The van der Waals surface area contributed by atoms with Gasteiger partial charge in [-0.3, -0.25) is 14.5 Å². The molecule has 126 valence electrons. The molecule has 1 fully saturated rings. The number of hydrogen-bond acceptors (Lipinski definition) is 3. The summed E-state index contributed by atoms with van der Waals surface area (Å²) in [6.45, 7) is 4.11. The number of aromatic nitrogens is 3. The van der Waals surface area contributed by atoms with Crippen molar-refractivity contribution in [3.8, 4) is 11.3 Å². The highest BCUT2D eigenvalue weighted by atomic mass is 16.1. The molecule has 1 aliphatic carbocycles. The number of amides is 1. The number of carbonyl (C=O) groups is 1. The van der Waals surface area contributed by atoms with Crippen LogP contribution in [0, 0.1) is 0 Å². The van der Waals surface area contributed by atoms with Gasteiger partial charge in [-0.15, -0.1) is 6.58 Å². The molecule has 1 N–H and O–H groups in total. The Hall–Kier alpha value is -2.43. The van der Waals surface area contributed by atoms with Gasteiger partial charge in [0.2, 0.25) is 5.91 Å². The third-order valence-corrected chi connectivity index (χ3v) is 4.48. The quantitative estimate of drug-likeness (QED) is 0.791. The van der Waals surface area contributed by atoms with Crippen molar-refractivity contribution in [2.45, 2.75) is 51.1 Å². The van der Waals surface area contributed by atoms with E-state index in [1.165, 1.54) is 25.7 Å². The van der Waals surface area contributed by atoms with E-state index in [4.69, 9.17) is 5.10 Å². The molecule has 2 aromatic heterocycles. The maximum absolute atomic E-state index is 11.8. The van der Waals surface area contributed by atoms with Crippen molar-refractivity contribution in [1.29, 1.82) is 0 Å². The first-order valence-electron chi connectivity index (χ1n) is 8.64. The van der Waals surface area contributed by atoms with Crippen LogP contribution in [-0.2, 0) is 11.3 Å². The summed E-state index contributed by atoms with van der Waals surface area (Å²) < 4.78 is 2.15. The predicted molar refractivity (Wildman–Crippen MR) is 94.2 cm³/mol. The van der Waals surface area contributed by atoms with Gasteiger partial charge in [0.05, 0.1) is 24.0 Å². The Bertz CT molecular complexity index is 687. The maximum Gasteiger partial charge on any atom is 0.220 e. The van der Waals surface area contributed by atoms with E-state index in [0.717, 1.165) is 17.0 Å². The number of hydrogen-bond donors (Lipinski definition) is 1. The van der Waals surface area contributed by atoms with Crippen LogP contribution in [0.25, 0.3) is 11.3 Å². The second-order valence-electron chi connectivity index (χ2n) is 6.24. The second-order valence-corrected chi connectivity index (χ2v) is 6.24. The smallest absolute Gasteiger partial charge is 0.220 e. The third-order valence-electron chi connectivity index (χ3n) is 4.48. The highest BCUT2D eigenvalue weighted by molar-refractivity contribution is 5.76. The third kappa shape index (κ3) is 3.91. The molecular formula is C19H24N4O. The summed E-state index contributed by atoms with van der Waals surface area (Å²) in [5, 5.41) is 7.72. The molecule has 0 unspecified atom stereocenters. The molecule has 0 bridgehead atoms. The normalized spacial score (nSPS) is 14.7. The van der Waals surface area contributed by atoms with Crippen LogP contribution in [0.3, 0.4) is 0 Å². The molecule has 0 aromatic carbocycles. The first-order valence-corrected chi connectivity index (χ1v) is 8.64. The van der Waals surface area contributed by atoms with Crippen LogP contribution in [0.1, 0.15) is 50.3 Å². The topological polar surface area (TPSA) is 59.8 Å². The summed E-state index contributed by atoms with van der Waals surface area (Å²) in [7, 11) is 0. The van der Waals surface area contributed by atoms with E-state index in [1.54, 1.807) is 18.5 Å². The van der Waals surface area contributed by atoms with Gasteiger partial charge in [-0.2, -0.15) is 5.10 Å². The van der Waals surface area contributed by atoms with Gasteiger partial charge in [0.1, 0.15) is 0 Å². The number of nitrogens with one attached hydrogen (secondary N) is 1. The predicted octanol–water partition coefficient (Wildman–Crippen LogP) is 3.64. The van der Waals surface area contributed by atoms with Gasteiger partial charge in [0, 0.05) is 24.4 Å². The van der Waals surface area contributed by atoms with E-state index >= 15 is 0 Å². The molecule has 0 spiro atoms. The van der Waals surface area contributed by atoms with Gasteiger partial charge in [-0.1, -0.05) is 18.9 Å². The lowest BCUT2D eigenvalue weighted by molar-refractivity contribution is -0.121. The molecule has 24 heavy (non-hydrogen) atoms. The highest BCUT2D eigenvalue weighted by Crippen LogP contribution is 2.33. The van der Waals surface area contributed by atoms with E-state index in [9.17, 15) is 4.79 Å². The van der Waals surface area contributed by atoms with Crippen LogP contribution in [0.5, 0.6) is 0 Å². The lowest BCUT2D eigenvalue weighted by Crippen LogP contribution is -2.22. The monoisotopic (exact) mass is 324 g/mol. The number of rotatable bonds is 7. The minimum Gasteiger partial charge on any atom is -0.350 e. The van der Waals surface area contributed by atoms with Crippen LogP contribution in [-0.4, -0.2) is 20.7 Å². The van der Waals surface area contributed by atoms with Crippen LogP contribution in [0.2, 0.25) is 0 Å². The van der Waals surface area contributed by atoms with Crippen molar-refractivity contribution < 1.29 is 4.79 Å². The summed E-state index contributed by atoms with van der Waals surface area (Å²) in [4.78, 5) is 15.9. The second kappa shape index (κ2) is 7.90. The zero-order chi connectivity index (χ0) is 16.8. The van der Waals surface area contributed by atoms with Crippen molar-refractivity contribution >= 4 is 5.91 Å². The van der Waals surface area contributed by atoms with Crippen molar-refractivity contribution in [1.82, 2.24) is 20.1 Å². The van der Waals surface area contributed by atoms with Crippen LogP contribution in [0.4, 0.5) is 0 Å². The van der Waals surface area contributed by atoms with E-state index < -0.39 is 0 Å². The lowest BCUT2D eigenvalue weighted by atomic mass is 10.1. The number of pyridine rings is 1. The summed E-state index contributed by atoms with van der Waals surface area (Å²) in [6, 6.07) is 6.56. The SMILES string of the molecule is C=CCCC(=O)NCc1cc(-c2ccncc2)n(C2CCCC2)n1. The maximum atomic E-state index is 11.8. The Labute approximate surface area is 142 Å². The molecule has 0 radical (unpaired) electrons. The molecule has 0 atom stereocenters. The average Bonchev–Trinajstić information content (AvgIpc) is 3.28. The summed E-state index contributed by atoms with van der Waals surface area (Å²) in [6.07, 6.45) is 11.4. The first kappa shape index (κ1) is 16.4. The van der Waals surface area contributed by atoms with Gasteiger partial charge in [0.15, 0.2) is 0 Å². The van der Waals surface area contributed by atoms with E-state index in [1.807, 2.05) is 12.1 Å². The van der Waals surface area contributed by atoms with Crippen molar-refractivity contribution in [3.05, 3.63) is 48.9 Å². The number of allylic oxidation sites excluding steroid dienone is 1. The Morgan fingerprint density at radius 2 is 2.08 bits per heavy atom. The van der Waals surface area contributed by atoms with Crippen molar-refractivity contribution in [2.24, 2.45) is 0 Å². The largest absolute Gasteiger partial charge is 0.350 e. The van der Waals surface area contributed by atoms with Crippen LogP contribution >= 0.6 is 0 Å². The Morgan fingerprint density at radius 3 is 2.79 bits per heavy atom. The van der Waals surface area contributed by atoms with Gasteiger partial charge in [0.25, 0.3) is 0 Å². The molecule has 2 aromatic rings. The molecule has 1 amide bonds. The fourth-order valence-corrected chi connectivity index (χ4v) is 3.21. The molecule has 0 saturated heterocycles. The standard InChI is InChI=1S/C19H24N4O/c1-2-3-8-19(24)21-14-16-13-18(15-9-11-20-12-10-15)23(22-16)17-6-4-5-7-17/h2,9-13,17H,1,3-8,14H2,(H,21,24). The van der Waals surface area contributed by atoms with Crippen LogP contribution < -0.4 is 5.32 Å². The zero-order valence-electron chi connectivity index (χ0n) is 13.9. The Balaban J connectivity index is 1.78. The molecule has 3 rings (SSSR count). The van der Waals surface area contributed by atoms with E-state index in [2.05, 4.69) is 27.6 Å². The Morgan fingerprint density at radius 1 is 1.33 bits per heavy atom. The lowest BCUT2D eigenvalue weighted by Gasteiger charge is -2.14. The highest BCUT2D eigenvalue weighted by Gasteiger charge is 2.22. The number of carbonyl (C=O) groups excluding carboxylic acids is 1. The Kier molecular flexibility index (Phi) is 5.41. The molecule has 2 heterocycles. The van der Waals surface area contributed by atoms with Gasteiger partial charge in [-0.25, -0.2) is 0 Å². The fraction of sp³-hybridized carbons (Fsp3) is 0.421. The van der Waals surface area contributed by atoms with Crippen LogP contribution in [0.15, 0.2) is 43.2 Å². The first-order chi connectivity index (χ1) is 11.8. The number of nitrogens with zero attached hydrogens (tertiary/aromatic N) is 3. The summed E-state index contributed by atoms with van der Waals surface area (Å²) in [5.41, 5.74) is 3.13. The molecular weight excluding hydrogens is 300 g/mol.